The number of aromatic nitrogens is 2. The Kier molecular flexibility index (Phi) is 5.15. The zero-order valence-corrected chi connectivity index (χ0v) is 13.2. The number of nitrogens with zero attached hydrogens (tertiary/aromatic N) is 2. The van der Waals surface area contributed by atoms with Gasteiger partial charge in [0.25, 0.3) is 0 Å². The van der Waals surface area contributed by atoms with E-state index in [9.17, 15) is 5.11 Å². The highest BCUT2D eigenvalue weighted by atomic mass is 35.5. The van der Waals surface area contributed by atoms with E-state index in [1.807, 2.05) is 51.1 Å². The highest BCUT2D eigenvalue weighted by Crippen LogP contribution is 2.23. The van der Waals surface area contributed by atoms with Crippen LogP contribution in [0.15, 0.2) is 30.3 Å². The lowest BCUT2D eigenvalue weighted by molar-refractivity contribution is 0.191. The molecule has 5 heteroatoms. The molecule has 0 saturated heterocycles. The number of hydrogen-bond acceptors (Lipinski definition) is 4. The summed E-state index contributed by atoms with van der Waals surface area (Å²) in [5.74, 6) is 1.57. The molecule has 0 saturated carbocycles. The van der Waals surface area contributed by atoms with Gasteiger partial charge in [-0.15, -0.1) is 0 Å². The van der Waals surface area contributed by atoms with Crippen molar-refractivity contribution in [2.75, 3.05) is 11.9 Å². The van der Waals surface area contributed by atoms with E-state index >= 15 is 0 Å². The molecule has 0 spiro atoms. The van der Waals surface area contributed by atoms with Crippen LogP contribution in [0.4, 0.5) is 5.82 Å². The van der Waals surface area contributed by atoms with E-state index in [0.29, 0.717) is 23.3 Å². The first-order valence-electron chi connectivity index (χ1n) is 7.00. The predicted octanol–water partition coefficient (Wildman–Crippen LogP) is 3.71. The monoisotopic (exact) mass is 305 g/mol. The minimum Gasteiger partial charge on any atom is -0.387 e. The van der Waals surface area contributed by atoms with Crippen molar-refractivity contribution in [1.82, 2.24) is 9.97 Å². The van der Waals surface area contributed by atoms with Gasteiger partial charge in [0.2, 0.25) is 0 Å². The molecule has 0 aliphatic heterocycles. The molecular weight excluding hydrogens is 286 g/mol. The molecule has 0 radical (unpaired) electrons. The number of rotatable bonds is 5. The quantitative estimate of drug-likeness (QED) is 0.827. The first kappa shape index (κ1) is 15.7. The second-order valence-corrected chi connectivity index (χ2v) is 5.67. The first-order valence-corrected chi connectivity index (χ1v) is 7.37. The maximum absolute atomic E-state index is 10.2. The van der Waals surface area contributed by atoms with Crippen LogP contribution in [0.1, 0.15) is 42.8 Å². The zero-order valence-electron chi connectivity index (χ0n) is 12.5. The van der Waals surface area contributed by atoms with Crippen LogP contribution in [0.2, 0.25) is 5.15 Å². The Morgan fingerprint density at radius 2 is 1.86 bits per heavy atom. The van der Waals surface area contributed by atoms with Gasteiger partial charge in [-0.1, -0.05) is 55.8 Å². The van der Waals surface area contributed by atoms with E-state index in [1.54, 1.807) is 0 Å². The normalized spacial score (nSPS) is 12.5. The fourth-order valence-electron chi connectivity index (χ4n) is 1.92. The van der Waals surface area contributed by atoms with Crippen LogP contribution >= 0.6 is 11.6 Å². The zero-order chi connectivity index (χ0) is 15.4. The minimum atomic E-state index is -0.596. The lowest BCUT2D eigenvalue weighted by atomic mass is 10.1. The molecule has 1 aromatic carbocycles. The van der Waals surface area contributed by atoms with Gasteiger partial charge >= 0.3 is 0 Å². The SMILES string of the molecule is Cc1c(Cl)nc(C(C)C)nc1NCC(O)c1ccccc1. The van der Waals surface area contributed by atoms with Gasteiger partial charge in [0.15, 0.2) is 0 Å². The van der Waals surface area contributed by atoms with Crippen LogP contribution < -0.4 is 5.32 Å². The predicted molar refractivity (Wildman–Crippen MR) is 85.8 cm³/mol. The second kappa shape index (κ2) is 6.87. The van der Waals surface area contributed by atoms with E-state index in [1.165, 1.54) is 0 Å². The van der Waals surface area contributed by atoms with Crippen LogP contribution in [-0.2, 0) is 0 Å². The van der Waals surface area contributed by atoms with Crippen molar-refractivity contribution in [3.8, 4) is 0 Å². The average Bonchev–Trinajstić information content (AvgIpc) is 2.49. The molecule has 1 unspecified atom stereocenters. The molecule has 112 valence electrons. The van der Waals surface area contributed by atoms with Crippen LogP contribution in [-0.4, -0.2) is 21.6 Å². The summed E-state index contributed by atoms with van der Waals surface area (Å²) in [6.07, 6.45) is -0.596. The summed E-state index contributed by atoms with van der Waals surface area (Å²) in [5, 5.41) is 13.8. The van der Waals surface area contributed by atoms with Crippen molar-refractivity contribution in [1.29, 1.82) is 0 Å². The minimum absolute atomic E-state index is 0.197. The Balaban J connectivity index is 2.13. The first-order chi connectivity index (χ1) is 9.99. The molecule has 1 heterocycles. The summed E-state index contributed by atoms with van der Waals surface area (Å²) in [5.41, 5.74) is 1.66. The topological polar surface area (TPSA) is 58.0 Å². The van der Waals surface area contributed by atoms with Crippen molar-refractivity contribution < 1.29 is 5.11 Å². The van der Waals surface area contributed by atoms with E-state index in [-0.39, 0.29) is 5.92 Å². The third-order valence-corrected chi connectivity index (χ3v) is 3.64. The molecule has 2 aromatic rings. The fourth-order valence-corrected chi connectivity index (χ4v) is 2.10. The van der Waals surface area contributed by atoms with Gasteiger partial charge < -0.3 is 10.4 Å². The molecule has 1 aromatic heterocycles. The third-order valence-electron chi connectivity index (χ3n) is 3.27. The van der Waals surface area contributed by atoms with Crippen molar-refractivity contribution in [3.05, 3.63) is 52.4 Å². The average molecular weight is 306 g/mol. The standard InChI is InChI=1S/C16H20ClN3O/c1-10(2)15-19-14(17)11(3)16(20-15)18-9-13(21)12-7-5-4-6-8-12/h4-8,10,13,21H,9H2,1-3H3,(H,18,19,20). The molecular formula is C16H20ClN3O. The summed E-state index contributed by atoms with van der Waals surface area (Å²) in [4.78, 5) is 8.75. The Bertz CT molecular complexity index is 602. The van der Waals surface area contributed by atoms with Gasteiger partial charge in [-0.05, 0) is 12.5 Å². The molecule has 0 amide bonds. The Hall–Kier alpha value is -1.65. The van der Waals surface area contributed by atoms with Crippen LogP contribution in [0.3, 0.4) is 0 Å². The van der Waals surface area contributed by atoms with Crippen molar-refractivity contribution in [2.45, 2.75) is 32.8 Å². The van der Waals surface area contributed by atoms with Gasteiger partial charge in [-0.2, -0.15) is 0 Å². The van der Waals surface area contributed by atoms with Gasteiger partial charge in [0.1, 0.15) is 16.8 Å². The smallest absolute Gasteiger partial charge is 0.137 e. The van der Waals surface area contributed by atoms with Gasteiger partial charge in [0.05, 0.1) is 6.10 Å². The van der Waals surface area contributed by atoms with Gasteiger partial charge in [0, 0.05) is 18.0 Å². The van der Waals surface area contributed by atoms with Crippen molar-refractivity contribution >= 4 is 17.4 Å². The largest absolute Gasteiger partial charge is 0.387 e. The van der Waals surface area contributed by atoms with Crippen molar-refractivity contribution in [3.63, 3.8) is 0 Å². The second-order valence-electron chi connectivity index (χ2n) is 5.31. The van der Waals surface area contributed by atoms with Crippen LogP contribution in [0.25, 0.3) is 0 Å². The molecule has 0 aliphatic rings. The molecule has 2 rings (SSSR count). The number of anilines is 1. The summed E-state index contributed by atoms with van der Waals surface area (Å²) in [6.45, 7) is 6.27. The Morgan fingerprint density at radius 3 is 2.48 bits per heavy atom. The van der Waals surface area contributed by atoms with E-state index in [2.05, 4.69) is 15.3 Å². The highest BCUT2D eigenvalue weighted by Gasteiger charge is 2.13. The molecule has 4 nitrogen and oxygen atoms in total. The van der Waals surface area contributed by atoms with Crippen molar-refractivity contribution in [2.24, 2.45) is 0 Å². The lowest BCUT2D eigenvalue weighted by Gasteiger charge is -2.16. The van der Waals surface area contributed by atoms with Gasteiger partial charge in [-0.3, -0.25) is 0 Å². The van der Waals surface area contributed by atoms with Crippen LogP contribution in [0.5, 0.6) is 0 Å². The number of benzene rings is 1. The molecule has 2 N–H and O–H groups in total. The Labute approximate surface area is 130 Å². The molecule has 0 fully saturated rings. The fraction of sp³-hybridized carbons (Fsp3) is 0.375. The summed E-state index contributed by atoms with van der Waals surface area (Å²) in [7, 11) is 0. The lowest BCUT2D eigenvalue weighted by Crippen LogP contribution is -2.15. The van der Waals surface area contributed by atoms with Gasteiger partial charge in [-0.25, -0.2) is 9.97 Å². The number of aliphatic hydroxyl groups is 1. The number of hydrogen-bond donors (Lipinski definition) is 2. The third kappa shape index (κ3) is 3.93. The highest BCUT2D eigenvalue weighted by molar-refractivity contribution is 6.30. The summed E-state index contributed by atoms with van der Waals surface area (Å²) >= 11 is 6.14. The van der Waals surface area contributed by atoms with Crippen LogP contribution in [0, 0.1) is 6.92 Å². The summed E-state index contributed by atoms with van der Waals surface area (Å²) < 4.78 is 0. The number of nitrogens with one attached hydrogen (secondary N) is 1. The Morgan fingerprint density at radius 1 is 1.19 bits per heavy atom. The molecule has 21 heavy (non-hydrogen) atoms. The molecule has 0 bridgehead atoms. The number of aliphatic hydroxyl groups excluding tert-OH is 1. The molecule has 0 aliphatic carbocycles. The molecule has 1 atom stereocenters. The van der Waals surface area contributed by atoms with E-state index < -0.39 is 6.10 Å². The van der Waals surface area contributed by atoms with E-state index in [0.717, 1.165) is 11.1 Å². The van der Waals surface area contributed by atoms with E-state index in [4.69, 9.17) is 11.6 Å². The maximum atomic E-state index is 10.2. The number of halogens is 1. The maximum Gasteiger partial charge on any atom is 0.137 e. The summed E-state index contributed by atoms with van der Waals surface area (Å²) in [6, 6.07) is 9.52.